The Hall–Kier alpha value is -0.920. The van der Waals surface area contributed by atoms with E-state index >= 15 is 0 Å². The Balaban J connectivity index is 2.04. The summed E-state index contributed by atoms with van der Waals surface area (Å²) in [5.74, 6) is 1.67. The molecule has 0 aliphatic carbocycles. The highest BCUT2D eigenvalue weighted by Crippen LogP contribution is 2.25. The minimum absolute atomic E-state index is 0.317. The summed E-state index contributed by atoms with van der Waals surface area (Å²) < 4.78 is 2.10. The van der Waals surface area contributed by atoms with Gasteiger partial charge in [0.05, 0.1) is 17.2 Å². The first-order chi connectivity index (χ1) is 9.65. The van der Waals surface area contributed by atoms with E-state index in [2.05, 4.69) is 45.9 Å². The summed E-state index contributed by atoms with van der Waals surface area (Å²) in [4.78, 5) is 4.63. The van der Waals surface area contributed by atoms with Crippen LogP contribution in [0.25, 0.3) is 0 Å². The highest BCUT2D eigenvalue weighted by atomic mass is 32.2. The van der Waals surface area contributed by atoms with Gasteiger partial charge < -0.3 is 10.3 Å². The minimum Gasteiger partial charge on any atom is -0.324 e. The number of rotatable bonds is 7. The number of aromatic nitrogens is 4. The van der Waals surface area contributed by atoms with E-state index in [-0.39, 0.29) is 0 Å². The molecule has 2 aromatic heterocycles. The van der Waals surface area contributed by atoms with Gasteiger partial charge in [0.15, 0.2) is 5.16 Å². The maximum atomic E-state index is 5.70. The Labute approximate surface area is 128 Å². The number of aryl methyl sites for hydroxylation is 1. The van der Waals surface area contributed by atoms with Crippen molar-refractivity contribution in [1.29, 1.82) is 0 Å². The summed E-state index contributed by atoms with van der Waals surface area (Å²) in [6, 6.07) is 0.317. The summed E-state index contributed by atoms with van der Waals surface area (Å²) in [6.45, 7) is 6.84. The lowest BCUT2D eigenvalue weighted by Gasteiger charge is -2.12. The molecule has 0 bridgehead atoms. The molecule has 110 valence electrons. The van der Waals surface area contributed by atoms with Gasteiger partial charge in [-0.25, -0.2) is 4.98 Å². The van der Waals surface area contributed by atoms with Crippen LogP contribution >= 0.6 is 23.1 Å². The Morgan fingerprint density at radius 2 is 2.20 bits per heavy atom. The van der Waals surface area contributed by atoms with Crippen molar-refractivity contribution in [3.63, 3.8) is 0 Å². The van der Waals surface area contributed by atoms with Gasteiger partial charge in [0.1, 0.15) is 5.82 Å². The first kappa shape index (κ1) is 15.5. The van der Waals surface area contributed by atoms with Crippen LogP contribution in [0.2, 0.25) is 0 Å². The fourth-order valence-corrected chi connectivity index (χ4v) is 3.93. The van der Waals surface area contributed by atoms with E-state index < -0.39 is 0 Å². The topological polar surface area (TPSA) is 69.6 Å². The maximum Gasteiger partial charge on any atom is 0.191 e. The molecule has 0 saturated carbocycles. The molecule has 2 aromatic rings. The minimum atomic E-state index is 0.317. The van der Waals surface area contributed by atoms with Gasteiger partial charge in [0.2, 0.25) is 0 Å². The van der Waals surface area contributed by atoms with Crippen molar-refractivity contribution in [1.82, 2.24) is 19.7 Å². The second kappa shape index (κ2) is 7.19. The van der Waals surface area contributed by atoms with Gasteiger partial charge in [-0.05, 0) is 26.7 Å². The third-order valence-corrected chi connectivity index (χ3v) is 4.78. The molecule has 7 heteroatoms. The lowest BCUT2D eigenvalue weighted by Crippen LogP contribution is -2.11. The average Bonchev–Trinajstić information content (AvgIpc) is 3.02. The van der Waals surface area contributed by atoms with Crippen LogP contribution in [0.5, 0.6) is 0 Å². The standard InChI is InChI=1S/C13H21N5S2/c1-4-5-12-15-10(7-19-12)8-20-13-17-16-11(6-14)18(13)9(2)3/h7,9H,4-6,8,14H2,1-3H3. The van der Waals surface area contributed by atoms with Crippen LogP contribution in [0.3, 0.4) is 0 Å². The Morgan fingerprint density at radius 3 is 2.85 bits per heavy atom. The second-order valence-corrected chi connectivity index (χ2v) is 6.72. The maximum absolute atomic E-state index is 5.70. The molecule has 0 aromatic carbocycles. The lowest BCUT2D eigenvalue weighted by atomic mass is 10.3. The predicted molar refractivity (Wildman–Crippen MR) is 84.0 cm³/mol. The molecule has 0 atom stereocenters. The van der Waals surface area contributed by atoms with E-state index in [9.17, 15) is 0 Å². The molecule has 2 N–H and O–H groups in total. The molecular weight excluding hydrogens is 290 g/mol. The Kier molecular flexibility index (Phi) is 5.56. The summed E-state index contributed by atoms with van der Waals surface area (Å²) in [7, 11) is 0. The van der Waals surface area contributed by atoms with Gasteiger partial charge in [-0.2, -0.15) is 0 Å². The van der Waals surface area contributed by atoms with Crippen LogP contribution in [-0.4, -0.2) is 19.7 Å². The molecule has 5 nitrogen and oxygen atoms in total. The van der Waals surface area contributed by atoms with Gasteiger partial charge in [-0.15, -0.1) is 21.5 Å². The number of thioether (sulfide) groups is 1. The van der Waals surface area contributed by atoms with E-state index in [0.29, 0.717) is 12.6 Å². The van der Waals surface area contributed by atoms with Crippen LogP contribution in [0.4, 0.5) is 0 Å². The monoisotopic (exact) mass is 311 g/mol. The van der Waals surface area contributed by atoms with Crippen molar-refractivity contribution in [2.75, 3.05) is 0 Å². The number of nitrogens with zero attached hydrogens (tertiary/aromatic N) is 4. The number of hydrogen-bond acceptors (Lipinski definition) is 6. The molecule has 0 radical (unpaired) electrons. The molecule has 0 unspecified atom stereocenters. The zero-order valence-electron chi connectivity index (χ0n) is 12.2. The molecule has 2 heterocycles. The van der Waals surface area contributed by atoms with Gasteiger partial charge in [-0.3, -0.25) is 0 Å². The molecule has 0 spiro atoms. The zero-order valence-corrected chi connectivity index (χ0v) is 13.8. The first-order valence-corrected chi connectivity index (χ1v) is 8.72. The Bertz CT molecular complexity index is 547. The van der Waals surface area contributed by atoms with Crippen molar-refractivity contribution in [2.45, 2.75) is 57.1 Å². The van der Waals surface area contributed by atoms with Crippen LogP contribution in [0.1, 0.15) is 49.8 Å². The van der Waals surface area contributed by atoms with Crippen molar-refractivity contribution in [2.24, 2.45) is 5.73 Å². The van der Waals surface area contributed by atoms with E-state index in [4.69, 9.17) is 5.73 Å². The first-order valence-electron chi connectivity index (χ1n) is 6.85. The Morgan fingerprint density at radius 1 is 1.40 bits per heavy atom. The largest absolute Gasteiger partial charge is 0.324 e. The number of nitrogens with two attached hydrogens (primary N) is 1. The van der Waals surface area contributed by atoms with Crippen molar-refractivity contribution in [3.8, 4) is 0 Å². The quantitative estimate of drug-likeness (QED) is 0.796. The fraction of sp³-hybridized carbons (Fsp3) is 0.615. The molecule has 2 rings (SSSR count). The number of thiazole rings is 1. The van der Waals surface area contributed by atoms with Crippen molar-refractivity contribution < 1.29 is 0 Å². The van der Waals surface area contributed by atoms with Crippen LogP contribution < -0.4 is 5.73 Å². The highest BCUT2D eigenvalue weighted by Gasteiger charge is 2.14. The number of hydrogen-bond donors (Lipinski definition) is 1. The third kappa shape index (κ3) is 3.59. The normalized spacial score (nSPS) is 11.4. The molecule has 0 aliphatic heterocycles. The van der Waals surface area contributed by atoms with Crippen molar-refractivity contribution in [3.05, 3.63) is 21.9 Å². The SMILES string of the molecule is CCCc1nc(CSc2nnc(CN)n2C(C)C)cs1. The molecule has 0 aliphatic rings. The van der Waals surface area contributed by atoms with Gasteiger partial charge in [0, 0.05) is 17.2 Å². The van der Waals surface area contributed by atoms with Crippen LogP contribution in [0, 0.1) is 0 Å². The van der Waals surface area contributed by atoms with Gasteiger partial charge in [0.25, 0.3) is 0 Å². The highest BCUT2D eigenvalue weighted by molar-refractivity contribution is 7.98. The van der Waals surface area contributed by atoms with Gasteiger partial charge in [-0.1, -0.05) is 18.7 Å². The average molecular weight is 311 g/mol. The zero-order chi connectivity index (χ0) is 14.5. The molecule has 20 heavy (non-hydrogen) atoms. The third-order valence-electron chi connectivity index (χ3n) is 2.85. The van der Waals surface area contributed by atoms with Crippen molar-refractivity contribution >= 4 is 23.1 Å². The fourth-order valence-electron chi connectivity index (χ4n) is 1.95. The van der Waals surface area contributed by atoms with E-state index in [1.807, 2.05) is 0 Å². The van der Waals surface area contributed by atoms with Crippen LogP contribution in [0.15, 0.2) is 10.5 Å². The predicted octanol–water partition coefficient (Wildman–Crippen LogP) is 3.02. The summed E-state index contributed by atoms with van der Waals surface area (Å²) in [5, 5.41) is 12.7. The van der Waals surface area contributed by atoms with Crippen LogP contribution in [-0.2, 0) is 18.7 Å². The summed E-state index contributed by atoms with van der Waals surface area (Å²) in [6.07, 6.45) is 2.20. The molecule has 0 saturated heterocycles. The van der Waals surface area contributed by atoms with E-state index in [1.165, 1.54) is 5.01 Å². The molecular formula is C13H21N5S2. The second-order valence-electron chi connectivity index (χ2n) is 4.84. The van der Waals surface area contributed by atoms with E-state index in [1.54, 1.807) is 23.1 Å². The lowest BCUT2D eigenvalue weighted by molar-refractivity contribution is 0.526. The van der Waals surface area contributed by atoms with Gasteiger partial charge >= 0.3 is 0 Å². The summed E-state index contributed by atoms with van der Waals surface area (Å²) >= 11 is 3.42. The van der Waals surface area contributed by atoms with E-state index in [0.717, 1.165) is 35.3 Å². The molecule has 0 amide bonds. The summed E-state index contributed by atoms with van der Waals surface area (Å²) in [5.41, 5.74) is 6.82. The molecule has 0 fully saturated rings. The smallest absolute Gasteiger partial charge is 0.191 e.